The molecule has 0 spiro atoms. The second-order valence-electron chi connectivity index (χ2n) is 6.15. The normalized spacial score (nSPS) is 16.9. The van der Waals surface area contributed by atoms with E-state index in [-0.39, 0.29) is 11.8 Å². The zero-order valence-electron chi connectivity index (χ0n) is 14.5. The number of amides is 1. The monoisotopic (exact) mass is 349 g/mol. The molecule has 0 unspecified atom stereocenters. The second kappa shape index (κ2) is 7.00. The standard InChI is InChI=1S/C20H19N3O3/c1-2-25-17-10-8-16(9-11-17)23-13-15(12-18(23)24)20-21-19(22-26-20)14-6-4-3-5-7-14/h3-11,15H,2,12-13H2,1H3/t15-/m0/s1. The highest BCUT2D eigenvalue weighted by molar-refractivity contribution is 5.96. The number of hydrogen-bond acceptors (Lipinski definition) is 5. The van der Waals surface area contributed by atoms with Crippen molar-refractivity contribution in [3.63, 3.8) is 0 Å². The molecule has 26 heavy (non-hydrogen) atoms. The maximum Gasteiger partial charge on any atom is 0.232 e. The van der Waals surface area contributed by atoms with Crippen molar-refractivity contribution in [1.82, 2.24) is 10.1 Å². The zero-order chi connectivity index (χ0) is 17.9. The Morgan fingerprint density at radius 3 is 2.65 bits per heavy atom. The Hall–Kier alpha value is -3.15. The van der Waals surface area contributed by atoms with Crippen LogP contribution in [-0.4, -0.2) is 29.2 Å². The number of ether oxygens (including phenoxy) is 1. The van der Waals surface area contributed by atoms with Gasteiger partial charge in [-0.1, -0.05) is 35.5 Å². The van der Waals surface area contributed by atoms with Crippen LogP contribution >= 0.6 is 0 Å². The molecule has 0 N–H and O–H groups in total. The molecule has 1 fully saturated rings. The molecule has 2 aromatic carbocycles. The molecule has 3 aromatic rings. The fraction of sp³-hybridized carbons (Fsp3) is 0.250. The number of rotatable bonds is 5. The highest BCUT2D eigenvalue weighted by Gasteiger charge is 2.35. The Bertz CT molecular complexity index is 890. The molecule has 1 atom stereocenters. The third kappa shape index (κ3) is 3.18. The highest BCUT2D eigenvalue weighted by Crippen LogP contribution is 2.32. The van der Waals surface area contributed by atoms with Crippen LogP contribution in [0.4, 0.5) is 5.69 Å². The quantitative estimate of drug-likeness (QED) is 0.703. The van der Waals surface area contributed by atoms with E-state index in [4.69, 9.17) is 9.26 Å². The molecule has 4 rings (SSSR count). The van der Waals surface area contributed by atoms with Crippen molar-refractivity contribution in [3.8, 4) is 17.1 Å². The molecule has 0 saturated carbocycles. The Morgan fingerprint density at radius 2 is 1.92 bits per heavy atom. The van der Waals surface area contributed by atoms with Gasteiger partial charge >= 0.3 is 0 Å². The smallest absolute Gasteiger partial charge is 0.232 e. The van der Waals surface area contributed by atoms with Crippen molar-refractivity contribution in [2.24, 2.45) is 0 Å². The minimum absolute atomic E-state index is 0.0543. The average molecular weight is 349 g/mol. The van der Waals surface area contributed by atoms with Gasteiger partial charge in [-0.15, -0.1) is 0 Å². The van der Waals surface area contributed by atoms with Gasteiger partial charge in [-0.3, -0.25) is 4.79 Å². The fourth-order valence-electron chi connectivity index (χ4n) is 3.12. The lowest BCUT2D eigenvalue weighted by molar-refractivity contribution is -0.117. The van der Waals surface area contributed by atoms with E-state index in [1.54, 1.807) is 4.90 Å². The Labute approximate surface area is 151 Å². The van der Waals surface area contributed by atoms with E-state index >= 15 is 0 Å². The molecule has 1 amide bonds. The van der Waals surface area contributed by atoms with Crippen LogP contribution in [0.3, 0.4) is 0 Å². The number of anilines is 1. The van der Waals surface area contributed by atoms with Gasteiger partial charge in [-0.25, -0.2) is 0 Å². The molecular formula is C20H19N3O3. The van der Waals surface area contributed by atoms with Crippen LogP contribution in [0.2, 0.25) is 0 Å². The number of aromatic nitrogens is 2. The van der Waals surface area contributed by atoms with Crippen LogP contribution in [0.5, 0.6) is 5.75 Å². The summed E-state index contributed by atoms with van der Waals surface area (Å²) in [5, 5.41) is 4.05. The van der Waals surface area contributed by atoms with Crippen molar-refractivity contribution < 1.29 is 14.1 Å². The summed E-state index contributed by atoms with van der Waals surface area (Å²) in [6, 6.07) is 17.2. The van der Waals surface area contributed by atoms with E-state index in [1.165, 1.54) is 0 Å². The Morgan fingerprint density at radius 1 is 1.15 bits per heavy atom. The van der Waals surface area contributed by atoms with Crippen LogP contribution < -0.4 is 9.64 Å². The van der Waals surface area contributed by atoms with Crippen LogP contribution in [-0.2, 0) is 4.79 Å². The molecule has 1 saturated heterocycles. The van der Waals surface area contributed by atoms with E-state index in [0.29, 0.717) is 31.3 Å². The van der Waals surface area contributed by atoms with Gasteiger partial charge in [0.2, 0.25) is 17.6 Å². The van der Waals surface area contributed by atoms with Gasteiger partial charge in [-0.05, 0) is 31.2 Å². The molecule has 6 nitrogen and oxygen atoms in total. The van der Waals surface area contributed by atoms with E-state index in [1.807, 2.05) is 61.5 Å². The largest absolute Gasteiger partial charge is 0.494 e. The van der Waals surface area contributed by atoms with Crippen molar-refractivity contribution in [2.75, 3.05) is 18.1 Å². The summed E-state index contributed by atoms with van der Waals surface area (Å²) >= 11 is 0. The molecule has 0 radical (unpaired) electrons. The molecule has 0 bridgehead atoms. The second-order valence-corrected chi connectivity index (χ2v) is 6.15. The molecule has 2 heterocycles. The number of carbonyl (C=O) groups is 1. The minimum atomic E-state index is -0.0981. The first-order valence-electron chi connectivity index (χ1n) is 8.67. The number of hydrogen-bond donors (Lipinski definition) is 0. The lowest BCUT2D eigenvalue weighted by Crippen LogP contribution is -2.24. The van der Waals surface area contributed by atoms with E-state index < -0.39 is 0 Å². The molecule has 1 aliphatic heterocycles. The van der Waals surface area contributed by atoms with Crippen LogP contribution in [0.1, 0.15) is 25.2 Å². The number of nitrogens with zero attached hydrogens (tertiary/aromatic N) is 3. The molecule has 132 valence electrons. The molecule has 0 aliphatic carbocycles. The lowest BCUT2D eigenvalue weighted by Gasteiger charge is -2.16. The maximum atomic E-state index is 12.5. The Balaban J connectivity index is 1.50. The van der Waals surface area contributed by atoms with E-state index in [0.717, 1.165) is 17.0 Å². The van der Waals surface area contributed by atoms with Gasteiger partial charge in [0.15, 0.2) is 0 Å². The first-order chi connectivity index (χ1) is 12.7. The first-order valence-corrected chi connectivity index (χ1v) is 8.67. The van der Waals surface area contributed by atoms with Crippen LogP contribution in [0.25, 0.3) is 11.4 Å². The summed E-state index contributed by atoms with van der Waals surface area (Å²) in [6.45, 7) is 3.09. The summed E-state index contributed by atoms with van der Waals surface area (Å²) in [5.74, 6) is 1.81. The summed E-state index contributed by atoms with van der Waals surface area (Å²) in [7, 11) is 0. The predicted octanol–water partition coefficient (Wildman–Crippen LogP) is 3.66. The van der Waals surface area contributed by atoms with Gasteiger partial charge in [0.1, 0.15) is 5.75 Å². The van der Waals surface area contributed by atoms with Crippen molar-refractivity contribution in [3.05, 3.63) is 60.5 Å². The number of carbonyl (C=O) groups excluding carboxylic acids is 1. The van der Waals surface area contributed by atoms with Gasteiger partial charge in [0.05, 0.1) is 12.5 Å². The lowest BCUT2D eigenvalue weighted by atomic mass is 10.1. The topological polar surface area (TPSA) is 68.5 Å². The third-order valence-corrected chi connectivity index (χ3v) is 4.41. The first kappa shape index (κ1) is 16.3. The fourth-order valence-corrected chi connectivity index (χ4v) is 3.12. The summed E-state index contributed by atoms with van der Waals surface area (Å²) in [6.07, 6.45) is 0.365. The van der Waals surface area contributed by atoms with E-state index in [2.05, 4.69) is 10.1 Å². The summed E-state index contributed by atoms with van der Waals surface area (Å²) in [5.41, 5.74) is 1.75. The van der Waals surface area contributed by atoms with Crippen molar-refractivity contribution in [2.45, 2.75) is 19.3 Å². The van der Waals surface area contributed by atoms with Gasteiger partial charge < -0.3 is 14.2 Å². The molecule has 1 aromatic heterocycles. The van der Waals surface area contributed by atoms with Crippen molar-refractivity contribution >= 4 is 11.6 Å². The van der Waals surface area contributed by atoms with Gasteiger partial charge in [0.25, 0.3) is 0 Å². The summed E-state index contributed by atoms with van der Waals surface area (Å²) in [4.78, 5) is 18.7. The number of benzene rings is 2. The van der Waals surface area contributed by atoms with Crippen LogP contribution in [0, 0.1) is 0 Å². The SMILES string of the molecule is CCOc1ccc(N2C[C@@H](c3nc(-c4ccccc4)no3)CC2=O)cc1. The van der Waals surface area contributed by atoms with Crippen LogP contribution in [0.15, 0.2) is 59.1 Å². The van der Waals surface area contributed by atoms with Gasteiger partial charge in [0, 0.05) is 24.2 Å². The average Bonchev–Trinajstić information content (AvgIpc) is 3.30. The molecule has 1 aliphatic rings. The van der Waals surface area contributed by atoms with Crippen molar-refractivity contribution in [1.29, 1.82) is 0 Å². The minimum Gasteiger partial charge on any atom is -0.494 e. The third-order valence-electron chi connectivity index (χ3n) is 4.41. The maximum absolute atomic E-state index is 12.5. The predicted molar refractivity (Wildman–Crippen MR) is 97.1 cm³/mol. The Kier molecular flexibility index (Phi) is 4.39. The van der Waals surface area contributed by atoms with Gasteiger partial charge in [-0.2, -0.15) is 4.98 Å². The highest BCUT2D eigenvalue weighted by atomic mass is 16.5. The molecular weight excluding hydrogens is 330 g/mol. The zero-order valence-corrected chi connectivity index (χ0v) is 14.5. The molecule has 6 heteroatoms. The summed E-state index contributed by atoms with van der Waals surface area (Å²) < 4.78 is 10.9. The van der Waals surface area contributed by atoms with E-state index in [9.17, 15) is 4.79 Å².